The van der Waals surface area contributed by atoms with E-state index >= 15 is 0 Å². The van der Waals surface area contributed by atoms with Crippen LogP contribution in [0.3, 0.4) is 0 Å². The summed E-state index contributed by atoms with van der Waals surface area (Å²) in [5.74, 6) is 2.01. The molecular weight excluding hydrogens is 252 g/mol. The third-order valence-electron chi connectivity index (χ3n) is 4.39. The van der Waals surface area contributed by atoms with Gasteiger partial charge < -0.3 is 4.74 Å². The van der Waals surface area contributed by atoms with Crippen molar-refractivity contribution in [1.29, 1.82) is 0 Å². The first-order valence-corrected chi connectivity index (χ1v) is 8.24. The van der Waals surface area contributed by atoms with E-state index in [0.717, 1.165) is 24.5 Å². The number of aryl methyl sites for hydroxylation is 1. The van der Waals surface area contributed by atoms with Gasteiger partial charge in [0.25, 0.3) is 0 Å². The fraction of sp³-hybridized carbons (Fsp3) is 0.647. The van der Waals surface area contributed by atoms with Crippen LogP contribution in [0.4, 0.5) is 0 Å². The predicted octanol–water partition coefficient (Wildman–Crippen LogP) is 4.90. The van der Waals surface area contributed by atoms with Crippen molar-refractivity contribution in [1.82, 2.24) is 0 Å². The summed E-state index contributed by atoms with van der Waals surface area (Å²) in [5, 5.41) is 0. The van der Waals surface area contributed by atoms with Crippen LogP contribution in [-0.4, -0.2) is 12.4 Å². The third-order valence-corrected chi connectivity index (χ3v) is 5.06. The first-order valence-electron chi connectivity index (χ1n) is 7.61. The van der Waals surface area contributed by atoms with Crippen LogP contribution in [0.5, 0.6) is 5.75 Å². The molecular formula is C17H26OS. The van der Waals surface area contributed by atoms with Crippen molar-refractivity contribution in [2.45, 2.75) is 51.9 Å². The van der Waals surface area contributed by atoms with E-state index in [4.69, 9.17) is 4.74 Å². The van der Waals surface area contributed by atoms with Gasteiger partial charge in [-0.2, -0.15) is 12.6 Å². The van der Waals surface area contributed by atoms with E-state index in [1.54, 1.807) is 0 Å². The maximum Gasteiger partial charge on any atom is 0.122 e. The maximum atomic E-state index is 6.17. The molecule has 0 N–H and O–H groups in total. The summed E-state index contributed by atoms with van der Waals surface area (Å²) >= 11 is 4.61. The van der Waals surface area contributed by atoms with Crippen LogP contribution in [0, 0.1) is 5.41 Å². The van der Waals surface area contributed by atoms with Gasteiger partial charge in [0.15, 0.2) is 0 Å². The van der Waals surface area contributed by atoms with Crippen molar-refractivity contribution in [3.63, 3.8) is 0 Å². The summed E-state index contributed by atoms with van der Waals surface area (Å²) in [6, 6.07) is 8.41. The van der Waals surface area contributed by atoms with E-state index < -0.39 is 0 Å². The minimum atomic E-state index is 0.292. The van der Waals surface area contributed by atoms with E-state index in [1.165, 1.54) is 44.1 Å². The molecule has 0 atom stereocenters. The molecule has 0 bridgehead atoms. The normalized spacial score (nSPS) is 18.8. The number of hydrogen-bond acceptors (Lipinski definition) is 2. The highest BCUT2D eigenvalue weighted by Gasteiger charge is 2.30. The van der Waals surface area contributed by atoms with Crippen molar-refractivity contribution < 1.29 is 4.74 Å². The molecule has 1 aromatic carbocycles. The molecule has 0 amide bonds. The highest BCUT2D eigenvalue weighted by Crippen LogP contribution is 2.37. The first-order chi connectivity index (χ1) is 9.29. The largest absolute Gasteiger partial charge is 0.493 e. The average Bonchev–Trinajstić information content (AvgIpc) is 2.71. The Kier molecular flexibility index (Phi) is 5.62. The van der Waals surface area contributed by atoms with Gasteiger partial charge in [-0.05, 0) is 36.6 Å². The Morgan fingerprint density at radius 1 is 1.11 bits per heavy atom. The molecule has 0 unspecified atom stereocenters. The summed E-state index contributed by atoms with van der Waals surface area (Å²) in [6.07, 6.45) is 8.99. The lowest BCUT2D eigenvalue weighted by molar-refractivity contribution is 0.147. The van der Waals surface area contributed by atoms with Crippen molar-refractivity contribution >= 4 is 12.6 Å². The highest BCUT2D eigenvalue weighted by atomic mass is 32.1. The summed E-state index contributed by atoms with van der Waals surface area (Å²) in [6.45, 7) is 3.01. The molecule has 106 valence electrons. The zero-order valence-corrected chi connectivity index (χ0v) is 12.9. The Balaban J connectivity index is 2.02. The van der Waals surface area contributed by atoms with Gasteiger partial charge >= 0.3 is 0 Å². The molecule has 1 aromatic rings. The van der Waals surface area contributed by atoms with Crippen LogP contribution in [0.15, 0.2) is 24.3 Å². The molecule has 2 heteroatoms. The van der Waals surface area contributed by atoms with E-state index in [2.05, 4.69) is 43.8 Å². The SMILES string of the molecule is CCc1ccccc1OCC1(CS)CCCCCC1. The average molecular weight is 278 g/mol. The third kappa shape index (κ3) is 3.92. The minimum absolute atomic E-state index is 0.292. The molecule has 19 heavy (non-hydrogen) atoms. The lowest BCUT2D eigenvalue weighted by atomic mass is 9.83. The molecule has 0 aromatic heterocycles. The molecule has 0 radical (unpaired) electrons. The summed E-state index contributed by atoms with van der Waals surface area (Å²) in [7, 11) is 0. The lowest BCUT2D eigenvalue weighted by Gasteiger charge is -2.31. The number of benzene rings is 1. The smallest absolute Gasteiger partial charge is 0.122 e. The zero-order valence-electron chi connectivity index (χ0n) is 12.0. The predicted molar refractivity (Wildman–Crippen MR) is 85.3 cm³/mol. The van der Waals surface area contributed by atoms with Gasteiger partial charge in [-0.1, -0.05) is 50.8 Å². The van der Waals surface area contributed by atoms with Gasteiger partial charge in [0, 0.05) is 5.41 Å². The van der Waals surface area contributed by atoms with Crippen LogP contribution in [-0.2, 0) is 6.42 Å². The number of ether oxygens (including phenoxy) is 1. The molecule has 0 aliphatic heterocycles. The van der Waals surface area contributed by atoms with Gasteiger partial charge in [0.2, 0.25) is 0 Å². The quantitative estimate of drug-likeness (QED) is 0.595. The van der Waals surface area contributed by atoms with Crippen molar-refractivity contribution in [2.75, 3.05) is 12.4 Å². The second kappa shape index (κ2) is 7.23. The molecule has 1 saturated carbocycles. The lowest BCUT2D eigenvalue weighted by Crippen LogP contribution is -2.30. The Morgan fingerprint density at radius 3 is 2.42 bits per heavy atom. The topological polar surface area (TPSA) is 9.23 Å². The van der Waals surface area contributed by atoms with Gasteiger partial charge in [-0.3, -0.25) is 0 Å². The number of rotatable bonds is 5. The van der Waals surface area contributed by atoms with Gasteiger partial charge in [0.05, 0.1) is 6.61 Å². The molecule has 1 aliphatic carbocycles. The Morgan fingerprint density at radius 2 is 1.79 bits per heavy atom. The molecule has 0 spiro atoms. The van der Waals surface area contributed by atoms with Crippen molar-refractivity contribution in [3.8, 4) is 5.75 Å². The Bertz CT molecular complexity index is 381. The minimum Gasteiger partial charge on any atom is -0.493 e. The molecule has 0 heterocycles. The fourth-order valence-corrected chi connectivity index (χ4v) is 3.40. The second-order valence-corrected chi connectivity index (χ2v) is 6.14. The molecule has 1 nitrogen and oxygen atoms in total. The first kappa shape index (κ1) is 14.8. The van der Waals surface area contributed by atoms with Crippen LogP contribution >= 0.6 is 12.6 Å². The molecule has 1 aliphatic rings. The standard InChI is InChI=1S/C17H26OS/c1-2-15-9-5-6-10-16(15)18-13-17(14-19)11-7-3-4-8-12-17/h5-6,9-10,19H,2-4,7-8,11-14H2,1H3. The number of hydrogen-bond donors (Lipinski definition) is 1. The van der Waals surface area contributed by atoms with Gasteiger partial charge in [-0.25, -0.2) is 0 Å². The highest BCUT2D eigenvalue weighted by molar-refractivity contribution is 7.80. The fourth-order valence-electron chi connectivity index (χ4n) is 2.99. The molecule has 1 fully saturated rings. The number of para-hydroxylation sites is 1. The van der Waals surface area contributed by atoms with Crippen LogP contribution < -0.4 is 4.74 Å². The van der Waals surface area contributed by atoms with Crippen molar-refractivity contribution in [3.05, 3.63) is 29.8 Å². The number of thiol groups is 1. The zero-order chi connectivity index (χ0) is 13.6. The summed E-state index contributed by atoms with van der Waals surface area (Å²) < 4.78 is 6.17. The summed E-state index contributed by atoms with van der Waals surface area (Å²) in [4.78, 5) is 0. The van der Waals surface area contributed by atoms with Crippen molar-refractivity contribution in [2.24, 2.45) is 5.41 Å². The molecule has 0 saturated heterocycles. The van der Waals surface area contributed by atoms with E-state index in [9.17, 15) is 0 Å². The van der Waals surface area contributed by atoms with Crippen LogP contribution in [0.2, 0.25) is 0 Å². The maximum absolute atomic E-state index is 6.17. The van der Waals surface area contributed by atoms with E-state index in [0.29, 0.717) is 5.41 Å². The monoisotopic (exact) mass is 278 g/mol. The van der Waals surface area contributed by atoms with Crippen LogP contribution in [0.1, 0.15) is 51.0 Å². The van der Waals surface area contributed by atoms with Gasteiger partial charge in [0.1, 0.15) is 5.75 Å². The summed E-state index contributed by atoms with van der Waals surface area (Å²) in [5.41, 5.74) is 1.60. The Hall–Kier alpha value is -0.630. The van der Waals surface area contributed by atoms with Gasteiger partial charge in [-0.15, -0.1) is 0 Å². The van der Waals surface area contributed by atoms with Crippen LogP contribution in [0.25, 0.3) is 0 Å². The Labute approximate surface area is 123 Å². The van der Waals surface area contributed by atoms with E-state index in [1.807, 2.05) is 0 Å². The molecule has 2 rings (SSSR count). The van der Waals surface area contributed by atoms with E-state index in [-0.39, 0.29) is 0 Å². The second-order valence-electron chi connectivity index (χ2n) is 5.82.